The molecule has 2 radical (unpaired) electrons. The first-order chi connectivity index (χ1) is 40.7. The molecule has 0 amide bonds. The van der Waals surface area contributed by atoms with Gasteiger partial charge in [0, 0.05) is 104 Å². The van der Waals surface area contributed by atoms with Crippen LogP contribution in [0.3, 0.4) is 0 Å². The summed E-state index contributed by atoms with van der Waals surface area (Å²) in [5.74, 6) is -3.32. The van der Waals surface area contributed by atoms with Gasteiger partial charge in [0.05, 0.1) is 5.69 Å². The van der Waals surface area contributed by atoms with E-state index >= 15 is 0 Å². The van der Waals surface area contributed by atoms with E-state index in [0.29, 0.717) is 11.1 Å². The molecule has 0 saturated heterocycles. The minimum absolute atomic E-state index is 0. The Balaban J connectivity index is 0.000000304. The van der Waals surface area contributed by atoms with Gasteiger partial charge >= 0.3 is 0 Å². The quantitative estimate of drug-likeness (QED) is 0.147. The molecule has 382 valence electrons. The summed E-state index contributed by atoms with van der Waals surface area (Å²) in [6, 6.07) is 70.3. The average molecular weight is 1340 g/mol. The fraction of sp³-hybridized carbons (Fsp3) is 0.152. The molecule has 10 aromatic rings. The second-order valence-corrected chi connectivity index (χ2v) is 15.3. The molecule has 0 fully saturated rings. The van der Waals surface area contributed by atoms with Crippen molar-refractivity contribution < 1.29 is 69.6 Å². The maximum absolute atomic E-state index is 8.28. The second-order valence-electron chi connectivity index (χ2n) is 15.3. The van der Waals surface area contributed by atoms with Gasteiger partial charge in [-0.05, 0) is 105 Å². The van der Waals surface area contributed by atoms with Crippen LogP contribution in [-0.4, -0.2) is 44.4 Å². The monoisotopic (exact) mass is 1350 g/mol. The van der Waals surface area contributed by atoms with Crippen molar-refractivity contribution in [2.24, 2.45) is 0 Å². The Kier molecular flexibility index (Phi) is 19.4. The van der Waals surface area contributed by atoms with Gasteiger partial charge in [-0.3, -0.25) is 4.98 Å². The zero-order valence-electron chi connectivity index (χ0n) is 55.2. The Bertz CT molecular complexity index is 3390. The largest absolute Gasteiger partial charge is 0.400 e. The van der Waals surface area contributed by atoms with Gasteiger partial charge in [-0.25, -0.2) is 0 Å². The molecular formula is C66H65Ir2N4O2-3. The Morgan fingerprint density at radius 1 is 0.392 bits per heavy atom. The average Bonchev–Trinajstić information content (AvgIpc) is 2.65. The fourth-order valence-electron chi connectivity index (χ4n) is 6.76. The summed E-state index contributed by atoms with van der Waals surface area (Å²) in [6.07, 6.45) is 6.25. The third-order valence-electron chi connectivity index (χ3n) is 10.3. The van der Waals surface area contributed by atoms with Crippen LogP contribution in [0.1, 0.15) is 80.8 Å². The number of hydrogen-bond donors (Lipinski definition) is 2. The van der Waals surface area contributed by atoms with E-state index in [0.717, 1.165) is 81.5 Å². The number of nitrogens with zero attached hydrogens (tertiary/aromatic N) is 4. The van der Waals surface area contributed by atoms with Gasteiger partial charge < -0.3 is 25.2 Å². The first-order valence-electron chi connectivity index (χ1n) is 29.7. The van der Waals surface area contributed by atoms with Crippen molar-refractivity contribution in [3.8, 4) is 67.3 Å². The molecular weight excluding hydrogens is 1270 g/mol. The van der Waals surface area contributed by atoms with Crippen LogP contribution in [-0.2, 0) is 40.2 Å². The Hall–Kier alpha value is -6.86. The van der Waals surface area contributed by atoms with Crippen LogP contribution in [0.4, 0.5) is 0 Å². The number of aryl methyl sites for hydroxylation is 2. The van der Waals surface area contributed by atoms with Crippen LogP contribution in [0, 0.1) is 31.9 Å². The van der Waals surface area contributed by atoms with E-state index in [-0.39, 0.29) is 51.3 Å². The molecule has 74 heavy (non-hydrogen) atoms. The van der Waals surface area contributed by atoms with Crippen molar-refractivity contribution in [1.29, 1.82) is 0 Å². The predicted molar refractivity (Wildman–Crippen MR) is 300 cm³/mol. The smallest absolute Gasteiger partial charge is 0.0708 e. The summed E-state index contributed by atoms with van der Waals surface area (Å²) in [7, 11) is 2.00. The number of aromatic nitrogens is 4. The zero-order chi connectivity index (χ0) is 63.4. The minimum Gasteiger partial charge on any atom is -0.400 e. The van der Waals surface area contributed by atoms with E-state index in [1.165, 1.54) is 26.2 Å². The molecule has 0 saturated carbocycles. The zero-order valence-corrected chi connectivity index (χ0v) is 46.0. The Morgan fingerprint density at radius 3 is 1.18 bits per heavy atom. The van der Waals surface area contributed by atoms with E-state index in [1.54, 1.807) is 85.2 Å². The van der Waals surface area contributed by atoms with E-state index in [2.05, 4.69) is 38.1 Å². The van der Waals surface area contributed by atoms with Gasteiger partial charge in [-0.2, -0.15) is 0 Å². The number of aliphatic hydroxyl groups excluding tert-OH is 2. The van der Waals surface area contributed by atoms with Crippen LogP contribution in [0.2, 0.25) is 0 Å². The molecule has 0 bridgehead atoms. The van der Waals surface area contributed by atoms with E-state index in [9.17, 15) is 0 Å². The Morgan fingerprint density at radius 2 is 0.784 bits per heavy atom. The summed E-state index contributed by atoms with van der Waals surface area (Å²) >= 11 is 0. The summed E-state index contributed by atoms with van der Waals surface area (Å²) in [5, 5.41) is 14.0. The van der Waals surface area contributed by atoms with Crippen molar-refractivity contribution in [3.63, 3.8) is 0 Å². The fourth-order valence-corrected chi connectivity index (χ4v) is 6.76. The van der Waals surface area contributed by atoms with E-state index < -0.39 is 39.2 Å². The molecule has 4 heterocycles. The Labute approximate surface area is 487 Å². The number of aliphatic hydroxyl groups is 2. The molecule has 2 N–H and O–H groups in total. The van der Waals surface area contributed by atoms with E-state index in [1.807, 2.05) is 127 Å². The molecule has 6 aromatic carbocycles. The predicted octanol–water partition coefficient (Wildman–Crippen LogP) is 15.8. The minimum atomic E-state index is -2.39. The number of hydrogen-bond acceptors (Lipinski definition) is 6. The summed E-state index contributed by atoms with van der Waals surface area (Å²) < 4.78 is 106. The van der Waals surface area contributed by atoms with Crippen molar-refractivity contribution in [3.05, 3.63) is 265 Å². The molecule has 0 spiro atoms. The van der Waals surface area contributed by atoms with Gasteiger partial charge in [-0.1, -0.05) is 137 Å². The second kappa shape index (κ2) is 33.8. The molecule has 2 atom stereocenters. The number of rotatable bonds is 8. The van der Waals surface area contributed by atoms with Crippen molar-refractivity contribution >= 4 is 0 Å². The number of pyridine rings is 4. The standard InChI is InChI=1S/C20H19N.C20H18N.2C12H10N.2CH4O.2Ir/c2*1-15(2)17-9-6-10-18(13-17)19-11-12-21-20(14-19)16-7-4-3-5-8-16;2*1-10-7-8-12(13-9-10)11-5-3-2-4-6-11;2*1-2;;/h3-15H,1-2H3;3-7,9-15H,1-2H3;2*2-5,7-9H,1H3;2*2H,1H3;;/q;3*-1;;;;/i2*1D3,15D;2*1D3;;;;. The van der Waals surface area contributed by atoms with Gasteiger partial charge in [0.15, 0.2) is 0 Å². The van der Waals surface area contributed by atoms with Gasteiger partial charge in [0.1, 0.15) is 0 Å². The SMILES string of the molecule is CO.CO.[2H]C([2H])([2H])C([2H])(C)c1cccc(-c2ccnc(-c3[c-]cccc3)c2)c1.[2H]C([2H])([2H])C([2H])(C)c1cccc(-c2ccnc(-c3ccccc3)c2)c1.[2H]C([2H])([2H])c1ccc(-c2[c-]cccc2)nc1.[2H]C([2H])([2H])c1ccc(-c2[c-]cccc2)nc1.[Ir].[Ir]. The van der Waals surface area contributed by atoms with Crippen LogP contribution in [0.25, 0.3) is 67.3 Å². The summed E-state index contributed by atoms with van der Waals surface area (Å²) in [6.45, 7) is -6.11. The topological polar surface area (TPSA) is 92.0 Å². The molecule has 10 rings (SSSR count). The van der Waals surface area contributed by atoms with Crippen molar-refractivity contribution in [2.75, 3.05) is 14.2 Å². The molecule has 8 heteroatoms. The van der Waals surface area contributed by atoms with Crippen LogP contribution < -0.4 is 0 Å². The molecule has 0 aliphatic rings. The first kappa shape index (κ1) is 42.5. The number of benzene rings is 6. The van der Waals surface area contributed by atoms with Crippen molar-refractivity contribution in [1.82, 2.24) is 19.9 Å². The molecule has 4 aromatic heterocycles. The third kappa shape index (κ3) is 19.5. The summed E-state index contributed by atoms with van der Waals surface area (Å²) in [5.41, 5.74) is 11.8. The van der Waals surface area contributed by atoms with E-state index in [4.69, 9.17) is 29.4 Å². The molecule has 6 nitrogen and oxygen atoms in total. The normalized spacial score (nSPS) is 14.8. The van der Waals surface area contributed by atoms with Gasteiger partial charge in [-0.15, -0.1) is 108 Å². The van der Waals surface area contributed by atoms with Gasteiger partial charge in [0.2, 0.25) is 0 Å². The maximum atomic E-state index is 8.28. The van der Waals surface area contributed by atoms with Crippen molar-refractivity contribution in [2.45, 2.75) is 53.0 Å². The third-order valence-corrected chi connectivity index (χ3v) is 10.3. The molecule has 0 aliphatic carbocycles. The first-order valence-corrected chi connectivity index (χ1v) is 22.7. The molecule has 0 aliphatic heterocycles. The maximum Gasteiger partial charge on any atom is 0.0708 e. The van der Waals surface area contributed by atoms with Crippen LogP contribution in [0.5, 0.6) is 0 Å². The molecule has 2 unspecified atom stereocenters. The van der Waals surface area contributed by atoms with Crippen LogP contribution >= 0.6 is 0 Å². The van der Waals surface area contributed by atoms with Gasteiger partial charge in [0.25, 0.3) is 0 Å². The van der Waals surface area contributed by atoms with Crippen LogP contribution in [0.15, 0.2) is 225 Å². The summed E-state index contributed by atoms with van der Waals surface area (Å²) in [4.78, 5) is 17.1.